The number of hydrogen-bond acceptors (Lipinski definition) is 2. The van der Waals surface area contributed by atoms with Gasteiger partial charge in [-0.15, -0.1) is 0 Å². The standard InChI is InChI=1S/C2F4O2.Ag/c3-2(4,5)1(7)8-6;. The van der Waals surface area contributed by atoms with Gasteiger partial charge in [0.25, 0.3) is 0 Å². The normalized spacial score (nSPS) is 9.78. The molecular formula is C2AgF4O2. The van der Waals surface area contributed by atoms with E-state index in [1.807, 2.05) is 4.94 Å². The Balaban J connectivity index is 0. The van der Waals surface area contributed by atoms with E-state index < -0.39 is 12.1 Å². The number of alkyl halides is 3. The van der Waals surface area contributed by atoms with Crippen LogP contribution < -0.4 is 0 Å². The summed E-state index contributed by atoms with van der Waals surface area (Å²) in [7, 11) is 0. The fourth-order valence-corrected chi connectivity index (χ4v) is 0.0437. The monoisotopic (exact) mass is 239 g/mol. The molecular weight excluding hydrogens is 240 g/mol. The van der Waals surface area contributed by atoms with Crippen molar-refractivity contribution in [3.63, 3.8) is 0 Å². The molecule has 7 heteroatoms. The van der Waals surface area contributed by atoms with Crippen LogP contribution in [0.4, 0.5) is 17.7 Å². The molecule has 0 amide bonds. The first-order valence-corrected chi connectivity index (χ1v) is 1.38. The van der Waals surface area contributed by atoms with E-state index in [1.54, 1.807) is 0 Å². The Labute approximate surface area is 62.6 Å². The van der Waals surface area contributed by atoms with E-state index in [2.05, 4.69) is 0 Å². The summed E-state index contributed by atoms with van der Waals surface area (Å²) in [5.74, 6) is -2.84. The van der Waals surface area contributed by atoms with Crippen LogP contribution in [0, 0.1) is 0 Å². The first-order chi connectivity index (χ1) is 3.48. The second kappa shape index (κ2) is 3.86. The SMILES string of the molecule is O=C(OF)C(F)(F)F.[Ag]. The van der Waals surface area contributed by atoms with E-state index in [0.29, 0.717) is 0 Å². The summed E-state index contributed by atoms with van der Waals surface area (Å²) in [4.78, 5) is 11.0. The van der Waals surface area contributed by atoms with Gasteiger partial charge in [0, 0.05) is 26.9 Å². The van der Waals surface area contributed by atoms with Crippen molar-refractivity contribution in [2.24, 2.45) is 0 Å². The molecule has 0 aliphatic rings. The zero-order valence-corrected chi connectivity index (χ0v) is 5.11. The van der Waals surface area contributed by atoms with E-state index in [9.17, 15) is 17.7 Å². The maximum Gasteiger partial charge on any atom is 0.494 e. The molecule has 1 radical (unpaired) electrons. The van der Waals surface area contributed by atoms with Gasteiger partial charge in [-0.3, -0.25) is 0 Å². The van der Waals surface area contributed by atoms with Gasteiger partial charge in [0.05, 0.1) is 0 Å². The van der Waals surface area contributed by atoms with Gasteiger partial charge in [0.2, 0.25) is 0 Å². The fourth-order valence-electron chi connectivity index (χ4n) is 0.0437. The van der Waals surface area contributed by atoms with Gasteiger partial charge >= 0.3 is 12.1 Å². The number of carbonyl (C=O) groups is 1. The maximum atomic E-state index is 10.7. The minimum Gasteiger partial charge on any atom is -0.244 e. The molecule has 0 aromatic rings. The molecule has 0 atom stereocenters. The van der Waals surface area contributed by atoms with Gasteiger partial charge in [-0.2, -0.15) is 13.2 Å². The smallest absolute Gasteiger partial charge is 0.244 e. The molecule has 0 N–H and O–H groups in total. The predicted molar refractivity (Wildman–Crippen MR) is 13.3 cm³/mol. The van der Waals surface area contributed by atoms with Crippen molar-refractivity contribution in [3.05, 3.63) is 0 Å². The molecule has 0 saturated heterocycles. The maximum absolute atomic E-state index is 10.7. The quantitative estimate of drug-likeness (QED) is 0.465. The molecule has 0 spiro atoms. The van der Waals surface area contributed by atoms with E-state index in [4.69, 9.17) is 4.79 Å². The Hall–Kier alpha value is -0.0697. The summed E-state index contributed by atoms with van der Waals surface area (Å²) >= 11 is 0. The van der Waals surface area contributed by atoms with Crippen LogP contribution in [-0.4, -0.2) is 12.1 Å². The summed E-state index contributed by atoms with van der Waals surface area (Å²) in [6, 6.07) is 0. The molecule has 0 aliphatic carbocycles. The number of hydrogen-bond donors (Lipinski definition) is 0. The van der Waals surface area contributed by atoms with Crippen LogP contribution in [0.5, 0.6) is 0 Å². The van der Waals surface area contributed by atoms with E-state index in [0.717, 1.165) is 0 Å². The van der Waals surface area contributed by atoms with Crippen LogP contribution in [-0.2, 0) is 32.1 Å². The molecule has 9 heavy (non-hydrogen) atoms. The van der Waals surface area contributed by atoms with Gasteiger partial charge in [-0.05, 0) is 0 Å². The van der Waals surface area contributed by atoms with Gasteiger partial charge < -0.3 is 0 Å². The molecule has 0 fully saturated rings. The van der Waals surface area contributed by atoms with Crippen molar-refractivity contribution in [2.45, 2.75) is 6.18 Å². The van der Waals surface area contributed by atoms with Crippen LogP contribution in [0.15, 0.2) is 0 Å². The number of halogens is 4. The Morgan fingerprint density at radius 3 is 1.67 bits per heavy atom. The Kier molecular flexibility index (Phi) is 5.02. The van der Waals surface area contributed by atoms with Gasteiger partial charge in [-0.25, -0.2) is 9.74 Å². The van der Waals surface area contributed by atoms with Crippen LogP contribution in [0.2, 0.25) is 0 Å². The fraction of sp³-hybridized carbons (Fsp3) is 0.500. The molecule has 0 unspecified atom stereocenters. The zero-order valence-electron chi connectivity index (χ0n) is 3.63. The summed E-state index contributed by atoms with van der Waals surface area (Å²) in [6.07, 6.45) is -5.23. The van der Waals surface area contributed by atoms with E-state index in [1.165, 1.54) is 0 Å². The zero-order chi connectivity index (χ0) is 6.78. The van der Waals surface area contributed by atoms with Crippen LogP contribution >= 0.6 is 0 Å². The van der Waals surface area contributed by atoms with Gasteiger partial charge in [-0.1, -0.05) is 0 Å². The van der Waals surface area contributed by atoms with Crippen LogP contribution in [0.25, 0.3) is 0 Å². The first kappa shape index (κ1) is 11.7. The third kappa shape index (κ3) is 4.43. The van der Waals surface area contributed by atoms with Crippen LogP contribution in [0.1, 0.15) is 0 Å². The van der Waals surface area contributed by atoms with Crippen molar-refractivity contribution < 1.29 is 49.8 Å². The minimum atomic E-state index is -5.23. The third-order valence-electron chi connectivity index (χ3n) is 0.302. The van der Waals surface area contributed by atoms with Crippen LogP contribution in [0.3, 0.4) is 0 Å². The Morgan fingerprint density at radius 2 is 1.67 bits per heavy atom. The summed E-state index contributed by atoms with van der Waals surface area (Å²) in [6.45, 7) is 0. The van der Waals surface area contributed by atoms with Crippen molar-refractivity contribution in [2.75, 3.05) is 0 Å². The summed E-state index contributed by atoms with van der Waals surface area (Å²) in [5.41, 5.74) is 0. The van der Waals surface area contributed by atoms with E-state index in [-0.39, 0.29) is 22.4 Å². The first-order valence-electron chi connectivity index (χ1n) is 1.38. The summed E-state index contributed by atoms with van der Waals surface area (Å²) in [5, 5.41) is 0. The van der Waals surface area contributed by atoms with Gasteiger partial charge in [0.15, 0.2) is 0 Å². The Morgan fingerprint density at radius 1 is 1.33 bits per heavy atom. The second-order valence-electron chi connectivity index (χ2n) is 0.862. The number of carbonyl (C=O) groups excluding carboxylic acids is 1. The Bertz CT molecular complexity index is 99.2. The van der Waals surface area contributed by atoms with Crippen molar-refractivity contribution in [1.82, 2.24) is 0 Å². The van der Waals surface area contributed by atoms with E-state index >= 15 is 0 Å². The molecule has 0 aromatic carbocycles. The summed E-state index contributed by atoms with van der Waals surface area (Å²) < 4.78 is 42.5. The molecule has 0 bridgehead atoms. The van der Waals surface area contributed by atoms with Crippen molar-refractivity contribution in [1.29, 1.82) is 0 Å². The minimum absolute atomic E-state index is 0. The largest absolute Gasteiger partial charge is 0.494 e. The molecule has 0 heterocycles. The van der Waals surface area contributed by atoms with Gasteiger partial charge in [0.1, 0.15) is 0 Å². The predicted octanol–water partition coefficient (Wildman–Crippen LogP) is 0.974. The average Bonchev–Trinajstić information content (AvgIpc) is 1.62. The third-order valence-corrected chi connectivity index (χ3v) is 0.302. The molecule has 59 valence electrons. The molecule has 0 aliphatic heterocycles. The van der Waals surface area contributed by atoms with Crippen molar-refractivity contribution in [3.8, 4) is 0 Å². The average molecular weight is 240 g/mol. The molecule has 2 nitrogen and oxygen atoms in total. The molecule has 0 rings (SSSR count). The molecule has 0 saturated carbocycles. The molecule has 0 aromatic heterocycles. The van der Waals surface area contributed by atoms with Crippen molar-refractivity contribution >= 4 is 5.97 Å². The second-order valence-corrected chi connectivity index (χ2v) is 0.862. The topological polar surface area (TPSA) is 26.3 Å². The number of rotatable bonds is 0.